The number of ether oxygens (including phenoxy) is 1. The lowest BCUT2D eigenvalue weighted by Gasteiger charge is -2.09. The van der Waals surface area contributed by atoms with Crippen LogP contribution in [0, 0.1) is 13.8 Å². The maximum Gasteiger partial charge on any atom is 0.269 e. The minimum absolute atomic E-state index is 0.0839. The molecular weight excluding hydrogens is 290 g/mol. The van der Waals surface area contributed by atoms with Gasteiger partial charge in [0.1, 0.15) is 5.75 Å². The number of carbonyl (C=O) groups excluding carboxylic acids is 2. The number of hydrogen-bond acceptors (Lipinski definition) is 3. The van der Waals surface area contributed by atoms with Gasteiger partial charge in [-0.3, -0.25) is 14.2 Å². The van der Waals surface area contributed by atoms with Crippen molar-refractivity contribution < 1.29 is 14.3 Å². The largest absolute Gasteiger partial charge is 0.484 e. The highest BCUT2D eigenvalue weighted by atomic mass is 16.5. The van der Waals surface area contributed by atoms with Crippen LogP contribution in [0.1, 0.15) is 26.3 Å². The summed E-state index contributed by atoms with van der Waals surface area (Å²) in [6, 6.07) is 13.0. The molecule has 0 saturated carbocycles. The standard InChI is InChI=1S/C19H17NO3/c1-13-7-8-16(9-14(13)2)23-12-19(22)20-10-15(11-21)17-5-3-4-6-18(17)20/h3-11H,12H2,1-2H3. The fraction of sp³-hybridized carbons (Fsp3) is 0.158. The number of benzene rings is 2. The van der Waals surface area contributed by atoms with E-state index in [1.165, 1.54) is 10.1 Å². The van der Waals surface area contributed by atoms with E-state index < -0.39 is 0 Å². The van der Waals surface area contributed by atoms with Gasteiger partial charge in [-0.15, -0.1) is 0 Å². The average Bonchev–Trinajstić information content (AvgIpc) is 2.94. The molecule has 0 spiro atoms. The summed E-state index contributed by atoms with van der Waals surface area (Å²) in [4.78, 5) is 23.6. The predicted molar refractivity (Wildman–Crippen MR) is 89.4 cm³/mol. The van der Waals surface area contributed by atoms with E-state index in [-0.39, 0.29) is 12.5 Å². The Morgan fingerprint density at radius 3 is 2.65 bits per heavy atom. The normalized spacial score (nSPS) is 10.7. The van der Waals surface area contributed by atoms with Gasteiger partial charge in [0.2, 0.25) is 0 Å². The highest BCUT2D eigenvalue weighted by Gasteiger charge is 2.13. The first-order valence-corrected chi connectivity index (χ1v) is 7.38. The number of carbonyl (C=O) groups is 2. The number of hydrogen-bond donors (Lipinski definition) is 0. The van der Waals surface area contributed by atoms with E-state index in [0.29, 0.717) is 16.8 Å². The molecule has 0 aliphatic heterocycles. The smallest absolute Gasteiger partial charge is 0.269 e. The minimum Gasteiger partial charge on any atom is -0.484 e. The summed E-state index contributed by atoms with van der Waals surface area (Å²) < 4.78 is 7.06. The van der Waals surface area contributed by atoms with Crippen LogP contribution in [0.4, 0.5) is 0 Å². The Bertz CT molecular complexity index is 893. The van der Waals surface area contributed by atoms with Gasteiger partial charge in [-0.25, -0.2) is 0 Å². The van der Waals surface area contributed by atoms with Crippen LogP contribution in [0.5, 0.6) is 5.75 Å². The Kier molecular flexibility index (Phi) is 3.98. The van der Waals surface area contributed by atoms with Crippen LogP contribution in [0.25, 0.3) is 10.9 Å². The molecule has 3 rings (SSSR count). The van der Waals surface area contributed by atoms with Gasteiger partial charge in [-0.1, -0.05) is 24.3 Å². The predicted octanol–water partition coefficient (Wildman–Crippen LogP) is 3.79. The molecule has 2 aromatic carbocycles. The van der Waals surface area contributed by atoms with E-state index in [9.17, 15) is 9.59 Å². The van der Waals surface area contributed by atoms with Crippen LogP contribution in [0.3, 0.4) is 0 Å². The second-order valence-electron chi connectivity index (χ2n) is 5.52. The molecule has 0 N–H and O–H groups in total. The van der Waals surface area contributed by atoms with Gasteiger partial charge in [0, 0.05) is 17.1 Å². The molecule has 0 atom stereocenters. The van der Waals surface area contributed by atoms with Crippen LogP contribution < -0.4 is 4.74 Å². The lowest BCUT2D eigenvalue weighted by Crippen LogP contribution is -2.18. The summed E-state index contributed by atoms with van der Waals surface area (Å²) in [5.74, 6) is 0.445. The summed E-state index contributed by atoms with van der Waals surface area (Å²) in [7, 11) is 0. The average molecular weight is 307 g/mol. The Hall–Kier alpha value is -2.88. The van der Waals surface area contributed by atoms with Crippen molar-refractivity contribution in [3.8, 4) is 5.75 Å². The van der Waals surface area contributed by atoms with E-state index in [2.05, 4.69) is 0 Å². The zero-order valence-corrected chi connectivity index (χ0v) is 13.1. The zero-order chi connectivity index (χ0) is 16.4. The molecule has 0 amide bonds. The molecule has 1 heterocycles. The lowest BCUT2D eigenvalue weighted by atomic mass is 10.1. The number of aryl methyl sites for hydroxylation is 2. The number of aldehydes is 1. The molecule has 0 unspecified atom stereocenters. The number of nitrogens with zero attached hydrogens (tertiary/aromatic N) is 1. The van der Waals surface area contributed by atoms with Crippen molar-refractivity contribution in [2.75, 3.05) is 6.61 Å². The second kappa shape index (κ2) is 6.08. The molecule has 23 heavy (non-hydrogen) atoms. The molecule has 4 heteroatoms. The van der Waals surface area contributed by atoms with Crippen molar-refractivity contribution in [3.63, 3.8) is 0 Å². The summed E-state index contributed by atoms with van der Waals surface area (Å²) in [6.45, 7) is 3.94. The molecule has 3 aromatic rings. The van der Waals surface area contributed by atoms with Gasteiger partial charge in [0.15, 0.2) is 12.9 Å². The Balaban J connectivity index is 1.83. The first kappa shape index (κ1) is 15.0. The highest BCUT2D eigenvalue weighted by Crippen LogP contribution is 2.20. The maximum atomic E-state index is 12.4. The maximum absolute atomic E-state index is 12.4. The van der Waals surface area contributed by atoms with E-state index in [4.69, 9.17) is 4.74 Å². The summed E-state index contributed by atoms with van der Waals surface area (Å²) in [5, 5.41) is 0.766. The third-order valence-electron chi connectivity index (χ3n) is 3.98. The highest BCUT2D eigenvalue weighted by molar-refractivity contribution is 6.02. The molecule has 0 aliphatic carbocycles. The number of para-hydroxylation sites is 1. The van der Waals surface area contributed by atoms with Crippen LogP contribution in [-0.2, 0) is 0 Å². The van der Waals surface area contributed by atoms with E-state index >= 15 is 0 Å². The molecule has 0 radical (unpaired) electrons. The van der Waals surface area contributed by atoms with Crippen molar-refractivity contribution >= 4 is 23.1 Å². The second-order valence-corrected chi connectivity index (χ2v) is 5.52. The molecule has 116 valence electrons. The van der Waals surface area contributed by atoms with Crippen LogP contribution in [0.15, 0.2) is 48.7 Å². The topological polar surface area (TPSA) is 48.3 Å². The van der Waals surface area contributed by atoms with Crippen LogP contribution in [-0.4, -0.2) is 23.4 Å². The van der Waals surface area contributed by atoms with Crippen molar-refractivity contribution in [3.05, 3.63) is 65.4 Å². The van der Waals surface area contributed by atoms with E-state index in [1.54, 1.807) is 6.20 Å². The first-order chi connectivity index (χ1) is 11.1. The fourth-order valence-corrected chi connectivity index (χ4v) is 2.52. The molecule has 0 fully saturated rings. The van der Waals surface area contributed by atoms with Crippen LogP contribution >= 0.6 is 0 Å². The third-order valence-corrected chi connectivity index (χ3v) is 3.98. The third kappa shape index (κ3) is 2.88. The Morgan fingerprint density at radius 2 is 1.91 bits per heavy atom. The first-order valence-electron chi connectivity index (χ1n) is 7.38. The molecular formula is C19H17NO3. The summed E-state index contributed by atoms with van der Waals surface area (Å²) in [5.41, 5.74) is 3.50. The summed E-state index contributed by atoms with van der Waals surface area (Å²) in [6.07, 6.45) is 2.32. The fourth-order valence-electron chi connectivity index (χ4n) is 2.52. The number of rotatable bonds is 4. The SMILES string of the molecule is Cc1ccc(OCC(=O)n2cc(C=O)c3ccccc32)cc1C. The van der Waals surface area contributed by atoms with Gasteiger partial charge in [-0.05, 0) is 43.2 Å². The van der Waals surface area contributed by atoms with Crippen LogP contribution in [0.2, 0.25) is 0 Å². The van der Waals surface area contributed by atoms with Gasteiger partial charge in [0.25, 0.3) is 5.91 Å². The Morgan fingerprint density at radius 1 is 1.13 bits per heavy atom. The van der Waals surface area contributed by atoms with Gasteiger partial charge in [0.05, 0.1) is 5.52 Å². The van der Waals surface area contributed by atoms with Crippen molar-refractivity contribution in [2.45, 2.75) is 13.8 Å². The van der Waals surface area contributed by atoms with Gasteiger partial charge >= 0.3 is 0 Å². The molecule has 0 bridgehead atoms. The van der Waals surface area contributed by atoms with Crippen molar-refractivity contribution in [2.24, 2.45) is 0 Å². The lowest BCUT2D eigenvalue weighted by molar-refractivity contribution is 0.0843. The van der Waals surface area contributed by atoms with Gasteiger partial charge in [-0.2, -0.15) is 0 Å². The summed E-state index contributed by atoms with van der Waals surface area (Å²) >= 11 is 0. The Labute approximate surface area is 134 Å². The molecule has 0 saturated heterocycles. The minimum atomic E-state index is -0.215. The van der Waals surface area contributed by atoms with Crippen molar-refractivity contribution in [1.82, 2.24) is 4.57 Å². The number of fused-ring (bicyclic) bond motifs is 1. The van der Waals surface area contributed by atoms with Gasteiger partial charge < -0.3 is 4.74 Å². The quantitative estimate of drug-likeness (QED) is 0.689. The van der Waals surface area contributed by atoms with Crippen molar-refractivity contribution in [1.29, 1.82) is 0 Å². The molecule has 4 nitrogen and oxygen atoms in total. The monoisotopic (exact) mass is 307 g/mol. The van der Waals surface area contributed by atoms with E-state index in [1.807, 2.05) is 56.3 Å². The number of aromatic nitrogens is 1. The molecule has 0 aliphatic rings. The molecule has 1 aromatic heterocycles. The van der Waals surface area contributed by atoms with E-state index in [0.717, 1.165) is 17.2 Å². The zero-order valence-electron chi connectivity index (χ0n) is 13.1.